The van der Waals surface area contributed by atoms with E-state index in [0.29, 0.717) is 0 Å². The van der Waals surface area contributed by atoms with E-state index in [2.05, 4.69) is 11.9 Å². The molecule has 0 amide bonds. The summed E-state index contributed by atoms with van der Waals surface area (Å²) >= 11 is 0. The van der Waals surface area contributed by atoms with Crippen molar-refractivity contribution in [3.63, 3.8) is 0 Å². The van der Waals surface area contributed by atoms with Crippen molar-refractivity contribution in [1.82, 2.24) is 5.32 Å². The lowest BCUT2D eigenvalue weighted by Crippen LogP contribution is -2.32. The van der Waals surface area contributed by atoms with Crippen LogP contribution in [0, 0.1) is 0 Å². The maximum Gasteiger partial charge on any atom is 0.148 e. The number of rotatable bonds is 6. The number of hydrogen-bond donors (Lipinski definition) is 1. The van der Waals surface area contributed by atoms with E-state index in [1.807, 2.05) is 6.92 Å². The first-order valence-corrected chi connectivity index (χ1v) is 6.40. The van der Waals surface area contributed by atoms with Crippen LogP contribution in [0.2, 0.25) is 0 Å². The van der Waals surface area contributed by atoms with E-state index >= 15 is 0 Å². The minimum Gasteiger partial charge on any atom is -0.316 e. The number of hydrogen-bond acceptors (Lipinski definition) is 3. The van der Waals surface area contributed by atoms with E-state index in [1.54, 1.807) is 7.05 Å². The molecule has 4 heteroatoms. The van der Waals surface area contributed by atoms with E-state index in [9.17, 15) is 8.42 Å². The van der Waals surface area contributed by atoms with Crippen molar-refractivity contribution >= 4 is 9.84 Å². The monoisotopic (exact) mass is 205 g/mol. The second-order valence-electron chi connectivity index (χ2n) is 3.57. The first-order valence-electron chi connectivity index (χ1n) is 4.34. The summed E-state index contributed by atoms with van der Waals surface area (Å²) in [4.78, 5) is 0. The Morgan fingerprint density at radius 2 is 2.08 bits per heavy atom. The molecule has 0 aliphatic rings. The molecule has 0 aromatic carbocycles. The van der Waals surface area contributed by atoms with Crippen LogP contribution in [-0.4, -0.2) is 33.5 Å². The van der Waals surface area contributed by atoms with Crippen molar-refractivity contribution in [2.24, 2.45) is 0 Å². The van der Waals surface area contributed by atoms with Gasteiger partial charge in [0.2, 0.25) is 0 Å². The molecule has 0 radical (unpaired) electrons. The van der Waals surface area contributed by atoms with Crippen molar-refractivity contribution in [1.29, 1.82) is 0 Å². The molecule has 0 saturated heterocycles. The molecule has 0 spiro atoms. The molecular weight excluding hydrogens is 186 g/mol. The topological polar surface area (TPSA) is 46.2 Å². The van der Waals surface area contributed by atoms with E-state index < -0.39 is 9.84 Å². The molecule has 1 unspecified atom stereocenters. The lowest BCUT2D eigenvalue weighted by molar-refractivity contribution is 0.543. The largest absolute Gasteiger partial charge is 0.316 e. The summed E-state index contributed by atoms with van der Waals surface area (Å²) in [5.41, 5.74) is 1.09. The molecule has 0 rings (SSSR count). The summed E-state index contributed by atoms with van der Waals surface area (Å²) in [6, 6.07) is 0.0479. The summed E-state index contributed by atoms with van der Waals surface area (Å²) in [6.45, 7) is 5.73. The van der Waals surface area contributed by atoms with Crippen LogP contribution in [0.15, 0.2) is 12.2 Å². The fraction of sp³-hybridized carbons (Fsp3) is 0.778. The number of sulfone groups is 1. The molecule has 0 saturated carbocycles. The highest BCUT2D eigenvalue weighted by Crippen LogP contribution is 2.05. The molecule has 0 aromatic rings. The molecule has 78 valence electrons. The minimum atomic E-state index is -2.88. The Morgan fingerprint density at radius 3 is 2.38 bits per heavy atom. The number of allylic oxidation sites excluding steroid dienone is 1. The van der Waals surface area contributed by atoms with E-state index in [0.717, 1.165) is 18.4 Å². The molecule has 1 atom stereocenters. The van der Waals surface area contributed by atoms with Crippen LogP contribution in [0.1, 0.15) is 19.8 Å². The van der Waals surface area contributed by atoms with Crippen LogP contribution in [0.25, 0.3) is 0 Å². The average molecular weight is 205 g/mol. The minimum absolute atomic E-state index is 0.0479. The van der Waals surface area contributed by atoms with Gasteiger partial charge in [-0.1, -0.05) is 5.57 Å². The lowest BCUT2D eigenvalue weighted by atomic mass is 10.1. The second-order valence-corrected chi connectivity index (χ2v) is 5.76. The Kier molecular flexibility index (Phi) is 5.25. The smallest absolute Gasteiger partial charge is 0.148 e. The van der Waals surface area contributed by atoms with E-state index in [4.69, 9.17) is 0 Å². The van der Waals surface area contributed by atoms with Gasteiger partial charge in [0.05, 0.1) is 5.75 Å². The van der Waals surface area contributed by atoms with Crippen molar-refractivity contribution in [3.8, 4) is 0 Å². The summed E-state index contributed by atoms with van der Waals surface area (Å²) in [5, 5.41) is 2.99. The molecule has 0 aliphatic carbocycles. The molecule has 0 bridgehead atoms. The van der Waals surface area contributed by atoms with Gasteiger partial charge in [-0.15, -0.1) is 6.58 Å². The molecule has 13 heavy (non-hydrogen) atoms. The van der Waals surface area contributed by atoms with Gasteiger partial charge in [-0.05, 0) is 26.8 Å². The fourth-order valence-corrected chi connectivity index (χ4v) is 2.16. The Balaban J connectivity index is 3.98. The molecule has 0 heterocycles. The zero-order chi connectivity index (χ0) is 10.5. The van der Waals surface area contributed by atoms with Gasteiger partial charge in [0, 0.05) is 12.3 Å². The third-order valence-electron chi connectivity index (χ3n) is 1.83. The quantitative estimate of drug-likeness (QED) is 0.657. The van der Waals surface area contributed by atoms with E-state index in [-0.39, 0.29) is 11.8 Å². The Bertz CT molecular complexity index is 257. The maximum atomic E-state index is 11.0. The van der Waals surface area contributed by atoms with Crippen LogP contribution in [0.5, 0.6) is 0 Å². The van der Waals surface area contributed by atoms with Crippen molar-refractivity contribution in [2.45, 2.75) is 25.8 Å². The third kappa shape index (κ3) is 7.99. The molecule has 0 aliphatic heterocycles. The van der Waals surface area contributed by atoms with Gasteiger partial charge in [-0.2, -0.15) is 0 Å². The van der Waals surface area contributed by atoms with Crippen LogP contribution >= 0.6 is 0 Å². The van der Waals surface area contributed by atoms with Crippen molar-refractivity contribution in [3.05, 3.63) is 12.2 Å². The van der Waals surface area contributed by atoms with E-state index in [1.165, 1.54) is 6.26 Å². The summed E-state index contributed by atoms with van der Waals surface area (Å²) in [7, 11) is -1.09. The van der Waals surface area contributed by atoms with Crippen LogP contribution in [-0.2, 0) is 9.84 Å². The van der Waals surface area contributed by atoms with Gasteiger partial charge in [-0.25, -0.2) is 8.42 Å². The van der Waals surface area contributed by atoms with Gasteiger partial charge in [0.25, 0.3) is 0 Å². The van der Waals surface area contributed by atoms with Gasteiger partial charge < -0.3 is 5.32 Å². The highest BCUT2D eigenvalue weighted by atomic mass is 32.2. The van der Waals surface area contributed by atoms with Gasteiger partial charge in [0.15, 0.2) is 0 Å². The highest BCUT2D eigenvalue weighted by molar-refractivity contribution is 7.90. The summed E-state index contributed by atoms with van der Waals surface area (Å²) in [6.07, 6.45) is 2.97. The second kappa shape index (κ2) is 5.40. The van der Waals surface area contributed by atoms with Crippen LogP contribution in [0.4, 0.5) is 0 Å². The molecule has 3 nitrogen and oxygen atoms in total. The number of nitrogens with one attached hydrogen (secondary N) is 1. The fourth-order valence-electron chi connectivity index (χ4n) is 1.10. The molecule has 0 fully saturated rings. The van der Waals surface area contributed by atoms with Crippen molar-refractivity contribution < 1.29 is 8.42 Å². The first-order chi connectivity index (χ1) is 5.85. The van der Waals surface area contributed by atoms with Crippen molar-refractivity contribution in [2.75, 3.05) is 19.1 Å². The normalized spacial score (nSPS) is 14.1. The lowest BCUT2D eigenvalue weighted by Gasteiger charge is -2.14. The third-order valence-corrected chi connectivity index (χ3v) is 2.84. The van der Waals surface area contributed by atoms with Gasteiger partial charge in [0.1, 0.15) is 9.84 Å². The Morgan fingerprint density at radius 1 is 1.54 bits per heavy atom. The predicted octanol–water partition coefficient (Wildman–Crippen LogP) is 0.975. The van der Waals surface area contributed by atoms with Crippen LogP contribution in [0.3, 0.4) is 0 Å². The summed E-state index contributed by atoms with van der Waals surface area (Å²) in [5.74, 6) is 0.205. The molecule has 1 N–H and O–H groups in total. The zero-order valence-electron chi connectivity index (χ0n) is 8.63. The SMILES string of the molecule is C=C(C)CCC(CS(C)(=O)=O)NC. The Labute approximate surface area is 81.1 Å². The van der Waals surface area contributed by atoms with Crippen LogP contribution < -0.4 is 5.32 Å². The maximum absolute atomic E-state index is 11.0. The average Bonchev–Trinajstić information content (AvgIpc) is 1.95. The predicted molar refractivity (Wildman–Crippen MR) is 56.6 cm³/mol. The molecule has 0 aromatic heterocycles. The standard InChI is InChI=1S/C9H19NO2S/c1-8(2)5-6-9(10-3)7-13(4,11)12/h9-10H,1,5-7H2,2-4H3. The zero-order valence-corrected chi connectivity index (χ0v) is 9.45. The molecular formula is C9H19NO2S. The van der Waals surface area contributed by atoms with Gasteiger partial charge >= 0.3 is 0 Å². The van der Waals surface area contributed by atoms with Gasteiger partial charge in [-0.3, -0.25) is 0 Å². The first kappa shape index (κ1) is 12.7. The summed E-state index contributed by atoms with van der Waals surface area (Å²) < 4.78 is 22.0. The Hall–Kier alpha value is -0.350. The highest BCUT2D eigenvalue weighted by Gasteiger charge is 2.12.